The Morgan fingerprint density at radius 2 is 1.68 bits per heavy atom. The first-order chi connectivity index (χ1) is 13.6. The molecule has 28 heavy (non-hydrogen) atoms. The minimum Gasteiger partial charge on any atom is -0.316 e. The molecule has 0 atom stereocenters. The normalized spacial score (nSPS) is 10.8. The van der Waals surface area contributed by atoms with Crippen molar-refractivity contribution in [1.82, 2.24) is 15.0 Å². The Balaban J connectivity index is 1.64. The van der Waals surface area contributed by atoms with Crippen LogP contribution in [0.1, 0.15) is 22.6 Å². The van der Waals surface area contributed by atoms with Crippen LogP contribution in [0.2, 0.25) is 5.02 Å². The molecule has 0 radical (unpaired) electrons. The highest BCUT2D eigenvalue weighted by molar-refractivity contribution is 7.14. The lowest BCUT2D eigenvalue weighted by atomic mass is 10.0. The maximum absolute atomic E-state index is 6.01. The van der Waals surface area contributed by atoms with Gasteiger partial charge in [0.05, 0.1) is 5.69 Å². The van der Waals surface area contributed by atoms with Crippen LogP contribution in [0, 0.1) is 13.8 Å². The summed E-state index contributed by atoms with van der Waals surface area (Å²) in [4.78, 5) is 13.9. The number of rotatable bonds is 5. The first kappa shape index (κ1) is 18.6. The lowest BCUT2D eigenvalue weighted by molar-refractivity contribution is 0.965. The van der Waals surface area contributed by atoms with E-state index in [9.17, 15) is 0 Å². The summed E-state index contributed by atoms with van der Waals surface area (Å²) in [5, 5.41) is 7.00. The first-order valence-electron chi connectivity index (χ1n) is 8.95. The molecule has 0 aliphatic carbocycles. The fourth-order valence-corrected chi connectivity index (χ4v) is 3.88. The Bertz CT molecular complexity index is 1090. The fraction of sp³-hybridized carbons (Fsp3) is 0.136. The quantitative estimate of drug-likeness (QED) is 0.428. The second-order valence-electron chi connectivity index (χ2n) is 6.52. The zero-order chi connectivity index (χ0) is 19.5. The Morgan fingerprint density at radius 1 is 0.929 bits per heavy atom. The summed E-state index contributed by atoms with van der Waals surface area (Å²) < 4.78 is 0. The zero-order valence-corrected chi connectivity index (χ0v) is 17.2. The molecule has 2 aromatic carbocycles. The van der Waals surface area contributed by atoms with Gasteiger partial charge in [0.15, 0.2) is 5.13 Å². The SMILES string of the molecule is Cc1nc(C)c(Cc2ccc(Cl)cc2)c(Nc2nc(-c3ccccc3)cs2)n1. The van der Waals surface area contributed by atoms with Crippen molar-refractivity contribution in [3.63, 3.8) is 0 Å². The predicted molar refractivity (Wildman–Crippen MR) is 117 cm³/mol. The van der Waals surface area contributed by atoms with E-state index in [0.717, 1.165) is 56.3 Å². The topological polar surface area (TPSA) is 50.7 Å². The maximum atomic E-state index is 6.01. The van der Waals surface area contributed by atoms with Crippen LogP contribution in [0.3, 0.4) is 0 Å². The van der Waals surface area contributed by atoms with E-state index in [1.165, 1.54) is 0 Å². The molecule has 0 aliphatic rings. The first-order valence-corrected chi connectivity index (χ1v) is 10.2. The Kier molecular flexibility index (Phi) is 5.37. The van der Waals surface area contributed by atoms with Crippen molar-refractivity contribution in [2.45, 2.75) is 20.3 Å². The fourth-order valence-electron chi connectivity index (χ4n) is 3.03. The summed E-state index contributed by atoms with van der Waals surface area (Å²) >= 11 is 7.58. The molecule has 0 bridgehead atoms. The minimum absolute atomic E-state index is 0.725. The van der Waals surface area contributed by atoms with Crippen LogP contribution in [0.15, 0.2) is 60.0 Å². The van der Waals surface area contributed by atoms with Gasteiger partial charge < -0.3 is 5.32 Å². The second kappa shape index (κ2) is 8.09. The number of nitrogens with one attached hydrogen (secondary N) is 1. The number of hydrogen-bond acceptors (Lipinski definition) is 5. The van der Waals surface area contributed by atoms with Crippen molar-refractivity contribution in [3.8, 4) is 11.3 Å². The summed E-state index contributed by atoms with van der Waals surface area (Å²) in [6.07, 6.45) is 0.725. The third kappa shape index (κ3) is 4.21. The molecule has 1 N–H and O–H groups in total. The van der Waals surface area contributed by atoms with Crippen LogP contribution < -0.4 is 5.32 Å². The van der Waals surface area contributed by atoms with E-state index >= 15 is 0 Å². The number of hydrogen-bond donors (Lipinski definition) is 1. The third-order valence-corrected chi connectivity index (χ3v) is 5.43. The smallest absolute Gasteiger partial charge is 0.188 e. The molecule has 2 aromatic heterocycles. The molecule has 4 rings (SSSR count). The summed E-state index contributed by atoms with van der Waals surface area (Å²) in [5.41, 5.74) is 5.24. The highest BCUT2D eigenvalue weighted by atomic mass is 35.5. The summed E-state index contributed by atoms with van der Waals surface area (Å²) in [7, 11) is 0. The third-order valence-electron chi connectivity index (χ3n) is 4.42. The van der Waals surface area contributed by atoms with Gasteiger partial charge in [0.25, 0.3) is 0 Å². The van der Waals surface area contributed by atoms with Gasteiger partial charge >= 0.3 is 0 Å². The van der Waals surface area contributed by atoms with Gasteiger partial charge in [-0.2, -0.15) is 0 Å². The highest BCUT2D eigenvalue weighted by Gasteiger charge is 2.13. The Morgan fingerprint density at radius 3 is 2.43 bits per heavy atom. The van der Waals surface area contributed by atoms with Crippen molar-refractivity contribution in [3.05, 3.63) is 87.6 Å². The van der Waals surface area contributed by atoms with Crippen molar-refractivity contribution >= 4 is 33.9 Å². The molecule has 0 fully saturated rings. The van der Waals surface area contributed by atoms with Gasteiger partial charge in [-0.1, -0.05) is 54.1 Å². The molecule has 4 nitrogen and oxygen atoms in total. The number of nitrogens with zero attached hydrogens (tertiary/aromatic N) is 3. The van der Waals surface area contributed by atoms with Crippen LogP contribution >= 0.6 is 22.9 Å². The molecule has 0 saturated carbocycles. The molecule has 0 spiro atoms. The second-order valence-corrected chi connectivity index (χ2v) is 7.81. The average molecular weight is 407 g/mol. The van der Waals surface area contributed by atoms with Gasteiger partial charge in [0, 0.05) is 33.6 Å². The molecular weight excluding hydrogens is 388 g/mol. The number of thiazole rings is 1. The molecule has 140 valence electrons. The lowest BCUT2D eigenvalue weighted by Gasteiger charge is -2.13. The van der Waals surface area contributed by atoms with E-state index in [2.05, 4.69) is 32.8 Å². The predicted octanol–water partition coefficient (Wildman–Crippen LogP) is 6.20. The Hall–Kier alpha value is -2.76. The molecule has 2 heterocycles. The lowest BCUT2D eigenvalue weighted by Crippen LogP contribution is -2.06. The van der Waals surface area contributed by atoms with Gasteiger partial charge in [-0.05, 0) is 31.5 Å². The minimum atomic E-state index is 0.725. The zero-order valence-electron chi connectivity index (χ0n) is 15.6. The van der Waals surface area contributed by atoms with Crippen LogP contribution in [-0.2, 0) is 6.42 Å². The summed E-state index contributed by atoms with van der Waals surface area (Å²) in [6.45, 7) is 3.92. The number of halogens is 1. The number of benzene rings is 2. The largest absolute Gasteiger partial charge is 0.316 e. The monoisotopic (exact) mass is 406 g/mol. The van der Waals surface area contributed by atoms with Crippen molar-refractivity contribution in [2.75, 3.05) is 5.32 Å². The van der Waals surface area contributed by atoms with E-state index < -0.39 is 0 Å². The van der Waals surface area contributed by atoms with E-state index in [1.54, 1.807) is 11.3 Å². The molecule has 4 aromatic rings. The molecule has 0 amide bonds. The molecule has 0 aliphatic heterocycles. The van der Waals surface area contributed by atoms with E-state index in [4.69, 9.17) is 16.6 Å². The Labute approximate surface area is 173 Å². The molecule has 0 unspecified atom stereocenters. The van der Waals surface area contributed by atoms with Crippen LogP contribution in [0.5, 0.6) is 0 Å². The van der Waals surface area contributed by atoms with Crippen molar-refractivity contribution in [1.29, 1.82) is 0 Å². The maximum Gasteiger partial charge on any atom is 0.188 e. The number of anilines is 2. The van der Waals surface area contributed by atoms with Crippen LogP contribution in [0.4, 0.5) is 10.9 Å². The van der Waals surface area contributed by atoms with Gasteiger partial charge in [-0.15, -0.1) is 11.3 Å². The summed E-state index contributed by atoms with van der Waals surface area (Å²) in [5.74, 6) is 1.54. The van der Waals surface area contributed by atoms with E-state index in [0.29, 0.717) is 0 Å². The van der Waals surface area contributed by atoms with Gasteiger partial charge in [-0.3, -0.25) is 0 Å². The van der Waals surface area contributed by atoms with E-state index in [1.807, 2.05) is 56.3 Å². The average Bonchev–Trinajstić information content (AvgIpc) is 3.15. The van der Waals surface area contributed by atoms with Crippen LogP contribution in [0.25, 0.3) is 11.3 Å². The molecular formula is C22H19ClN4S. The van der Waals surface area contributed by atoms with Gasteiger partial charge in [0.2, 0.25) is 0 Å². The summed E-state index contributed by atoms with van der Waals surface area (Å²) in [6, 6.07) is 18.0. The van der Waals surface area contributed by atoms with Gasteiger partial charge in [0.1, 0.15) is 11.6 Å². The standard InChI is InChI=1S/C22H19ClN4S/c1-14-19(12-16-8-10-18(23)11-9-16)21(25-15(2)24-14)27-22-26-20(13-28-22)17-6-4-3-5-7-17/h3-11,13H,12H2,1-2H3,(H,24,25,26,27). The van der Waals surface area contributed by atoms with E-state index in [-0.39, 0.29) is 0 Å². The number of aromatic nitrogens is 3. The van der Waals surface area contributed by atoms with Crippen LogP contribution in [-0.4, -0.2) is 15.0 Å². The van der Waals surface area contributed by atoms with Gasteiger partial charge in [-0.25, -0.2) is 15.0 Å². The van der Waals surface area contributed by atoms with Crippen molar-refractivity contribution in [2.24, 2.45) is 0 Å². The van der Waals surface area contributed by atoms with Crippen molar-refractivity contribution < 1.29 is 0 Å². The highest BCUT2D eigenvalue weighted by Crippen LogP contribution is 2.29. The molecule has 6 heteroatoms. The number of aryl methyl sites for hydroxylation is 2. The molecule has 0 saturated heterocycles.